The van der Waals surface area contributed by atoms with Gasteiger partial charge in [-0.15, -0.1) is 0 Å². The molecule has 0 aromatic heterocycles. The molecule has 0 aliphatic carbocycles. The zero-order valence-electron chi connectivity index (χ0n) is 14.8. The van der Waals surface area contributed by atoms with Gasteiger partial charge in [0.2, 0.25) is 0 Å². The molecule has 0 radical (unpaired) electrons. The SMILES string of the molecule is CCOc1cc(OC)ccc1NC(=O)NCCc1ccc(OC)cc1. The van der Waals surface area contributed by atoms with Crippen molar-refractivity contribution < 1.29 is 19.0 Å². The van der Waals surface area contributed by atoms with Gasteiger partial charge in [0.1, 0.15) is 17.2 Å². The Morgan fingerprint density at radius 3 is 2.32 bits per heavy atom. The van der Waals surface area contributed by atoms with Crippen LogP contribution in [0.3, 0.4) is 0 Å². The molecule has 2 aromatic rings. The fraction of sp³-hybridized carbons (Fsp3) is 0.316. The maximum atomic E-state index is 12.1. The van der Waals surface area contributed by atoms with Crippen LogP contribution < -0.4 is 24.8 Å². The topological polar surface area (TPSA) is 68.8 Å². The van der Waals surface area contributed by atoms with Crippen LogP contribution in [0.1, 0.15) is 12.5 Å². The minimum Gasteiger partial charge on any atom is -0.497 e. The van der Waals surface area contributed by atoms with Crippen molar-refractivity contribution in [3.8, 4) is 17.2 Å². The van der Waals surface area contributed by atoms with Crippen LogP contribution in [0.25, 0.3) is 0 Å². The van der Waals surface area contributed by atoms with Crippen LogP contribution in [0, 0.1) is 0 Å². The Bertz CT molecular complexity index is 686. The van der Waals surface area contributed by atoms with Crippen molar-refractivity contribution in [3.63, 3.8) is 0 Å². The Morgan fingerprint density at radius 1 is 1.00 bits per heavy atom. The van der Waals surface area contributed by atoms with Crippen LogP contribution >= 0.6 is 0 Å². The van der Waals surface area contributed by atoms with Gasteiger partial charge < -0.3 is 24.8 Å². The predicted octanol–water partition coefficient (Wildman–Crippen LogP) is 3.47. The van der Waals surface area contributed by atoms with Crippen molar-refractivity contribution in [2.24, 2.45) is 0 Å². The fourth-order valence-corrected chi connectivity index (χ4v) is 2.29. The maximum Gasteiger partial charge on any atom is 0.319 e. The number of benzene rings is 2. The molecular weight excluding hydrogens is 320 g/mol. The van der Waals surface area contributed by atoms with Crippen LogP contribution in [-0.2, 0) is 6.42 Å². The number of nitrogens with one attached hydrogen (secondary N) is 2. The molecule has 2 aromatic carbocycles. The van der Waals surface area contributed by atoms with E-state index in [0.29, 0.717) is 30.3 Å². The van der Waals surface area contributed by atoms with Crippen molar-refractivity contribution in [1.29, 1.82) is 0 Å². The summed E-state index contributed by atoms with van der Waals surface area (Å²) >= 11 is 0. The van der Waals surface area contributed by atoms with Crippen LogP contribution in [0.2, 0.25) is 0 Å². The van der Waals surface area contributed by atoms with E-state index in [4.69, 9.17) is 14.2 Å². The average Bonchev–Trinajstić information content (AvgIpc) is 2.64. The van der Waals surface area contributed by atoms with Gasteiger partial charge in [0.15, 0.2) is 0 Å². The zero-order valence-corrected chi connectivity index (χ0v) is 14.8. The van der Waals surface area contributed by atoms with Crippen LogP contribution in [0.5, 0.6) is 17.2 Å². The molecule has 6 nitrogen and oxygen atoms in total. The Morgan fingerprint density at radius 2 is 1.68 bits per heavy atom. The molecule has 0 bridgehead atoms. The lowest BCUT2D eigenvalue weighted by molar-refractivity contribution is 0.252. The normalized spacial score (nSPS) is 10.0. The van der Waals surface area contributed by atoms with Crippen LogP contribution in [-0.4, -0.2) is 33.4 Å². The first-order chi connectivity index (χ1) is 12.2. The Hall–Kier alpha value is -2.89. The van der Waals surface area contributed by atoms with Gasteiger partial charge in [-0.05, 0) is 43.2 Å². The molecule has 6 heteroatoms. The van der Waals surface area contributed by atoms with E-state index in [-0.39, 0.29) is 6.03 Å². The summed E-state index contributed by atoms with van der Waals surface area (Å²) in [6, 6.07) is 12.8. The van der Waals surface area contributed by atoms with Crippen molar-refractivity contribution in [3.05, 3.63) is 48.0 Å². The van der Waals surface area contributed by atoms with Crippen molar-refractivity contribution in [2.45, 2.75) is 13.3 Å². The third kappa shape index (κ3) is 5.60. The molecule has 0 saturated carbocycles. The predicted molar refractivity (Wildman–Crippen MR) is 97.9 cm³/mol. The number of ether oxygens (including phenoxy) is 3. The maximum absolute atomic E-state index is 12.1. The summed E-state index contributed by atoms with van der Waals surface area (Å²) in [6.45, 7) is 2.91. The molecule has 0 fully saturated rings. The lowest BCUT2D eigenvalue weighted by Gasteiger charge is -2.13. The molecule has 25 heavy (non-hydrogen) atoms. The molecule has 2 N–H and O–H groups in total. The van der Waals surface area contributed by atoms with Gasteiger partial charge in [-0.25, -0.2) is 4.79 Å². The fourth-order valence-electron chi connectivity index (χ4n) is 2.29. The average molecular weight is 344 g/mol. The van der Waals surface area contributed by atoms with E-state index in [0.717, 1.165) is 17.7 Å². The third-order valence-electron chi connectivity index (χ3n) is 3.60. The second-order valence-electron chi connectivity index (χ2n) is 5.27. The number of hydrogen-bond donors (Lipinski definition) is 2. The van der Waals surface area contributed by atoms with Gasteiger partial charge in [0, 0.05) is 12.6 Å². The van der Waals surface area contributed by atoms with Gasteiger partial charge in [-0.3, -0.25) is 0 Å². The van der Waals surface area contributed by atoms with E-state index in [1.165, 1.54) is 0 Å². The molecule has 0 atom stereocenters. The molecule has 0 unspecified atom stereocenters. The number of hydrogen-bond acceptors (Lipinski definition) is 4. The quantitative estimate of drug-likeness (QED) is 0.769. The number of rotatable bonds is 8. The molecule has 0 spiro atoms. The highest BCUT2D eigenvalue weighted by atomic mass is 16.5. The summed E-state index contributed by atoms with van der Waals surface area (Å²) in [5.74, 6) is 2.07. The smallest absolute Gasteiger partial charge is 0.319 e. The molecular formula is C19H24N2O4. The van der Waals surface area contributed by atoms with E-state index >= 15 is 0 Å². The van der Waals surface area contributed by atoms with E-state index in [9.17, 15) is 4.79 Å². The number of carbonyl (C=O) groups is 1. The number of carbonyl (C=O) groups excluding carboxylic acids is 1. The van der Waals surface area contributed by atoms with Crippen LogP contribution in [0.4, 0.5) is 10.5 Å². The van der Waals surface area contributed by atoms with E-state index in [2.05, 4.69) is 10.6 Å². The van der Waals surface area contributed by atoms with Crippen molar-refractivity contribution in [1.82, 2.24) is 5.32 Å². The Kier molecular flexibility index (Phi) is 6.95. The van der Waals surface area contributed by atoms with E-state index in [1.807, 2.05) is 31.2 Å². The summed E-state index contributed by atoms with van der Waals surface area (Å²) in [7, 11) is 3.22. The zero-order chi connectivity index (χ0) is 18.1. The molecule has 0 aliphatic heterocycles. The molecule has 0 aliphatic rings. The molecule has 2 rings (SSSR count). The minimum atomic E-state index is -0.278. The van der Waals surface area contributed by atoms with E-state index in [1.54, 1.807) is 32.4 Å². The summed E-state index contributed by atoms with van der Waals surface area (Å²) in [6.07, 6.45) is 0.734. The van der Waals surface area contributed by atoms with Gasteiger partial charge in [-0.2, -0.15) is 0 Å². The van der Waals surface area contributed by atoms with Crippen molar-refractivity contribution in [2.75, 3.05) is 32.7 Å². The Balaban J connectivity index is 1.87. The summed E-state index contributed by atoms with van der Waals surface area (Å²) < 4.78 is 15.8. The molecule has 2 amide bonds. The standard InChI is InChI=1S/C19H24N2O4/c1-4-25-18-13-16(24-3)9-10-17(18)21-19(22)20-12-11-14-5-7-15(23-2)8-6-14/h5-10,13H,4,11-12H2,1-3H3,(H2,20,21,22). The third-order valence-corrected chi connectivity index (χ3v) is 3.60. The highest BCUT2D eigenvalue weighted by Crippen LogP contribution is 2.29. The number of amides is 2. The lowest BCUT2D eigenvalue weighted by Crippen LogP contribution is -2.30. The van der Waals surface area contributed by atoms with Crippen LogP contribution in [0.15, 0.2) is 42.5 Å². The summed E-state index contributed by atoms with van der Waals surface area (Å²) in [4.78, 5) is 12.1. The first-order valence-electron chi connectivity index (χ1n) is 8.15. The monoisotopic (exact) mass is 344 g/mol. The highest BCUT2D eigenvalue weighted by molar-refractivity contribution is 5.91. The first kappa shape index (κ1) is 18.4. The van der Waals surface area contributed by atoms with E-state index < -0.39 is 0 Å². The lowest BCUT2D eigenvalue weighted by atomic mass is 10.1. The van der Waals surface area contributed by atoms with Gasteiger partial charge >= 0.3 is 6.03 Å². The molecule has 0 heterocycles. The number of anilines is 1. The largest absolute Gasteiger partial charge is 0.497 e. The van der Waals surface area contributed by atoms with Gasteiger partial charge in [-0.1, -0.05) is 12.1 Å². The Labute approximate surface area is 148 Å². The molecule has 0 saturated heterocycles. The summed E-state index contributed by atoms with van der Waals surface area (Å²) in [5, 5.41) is 5.64. The first-order valence-corrected chi connectivity index (χ1v) is 8.15. The number of methoxy groups -OCH3 is 2. The van der Waals surface area contributed by atoms with Crippen molar-refractivity contribution >= 4 is 11.7 Å². The van der Waals surface area contributed by atoms with Gasteiger partial charge in [0.25, 0.3) is 0 Å². The molecule has 134 valence electrons. The highest BCUT2D eigenvalue weighted by Gasteiger charge is 2.09. The van der Waals surface area contributed by atoms with Gasteiger partial charge in [0.05, 0.1) is 26.5 Å². The second kappa shape index (κ2) is 9.42. The minimum absolute atomic E-state index is 0.278. The summed E-state index contributed by atoms with van der Waals surface area (Å²) in [5.41, 5.74) is 1.73. The number of urea groups is 1. The second-order valence-corrected chi connectivity index (χ2v) is 5.27.